The maximum absolute atomic E-state index is 12.8. The van der Waals surface area contributed by atoms with E-state index >= 15 is 0 Å². The van der Waals surface area contributed by atoms with Gasteiger partial charge in [0.05, 0.1) is 17.6 Å². The highest BCUT2D eigenvalue weighted by Crippen LogP contribution is 2.31. The van der Waals surface area contributed by atoms with Crippen molar-refractivity contribution in [2.45, 2.75) is 25.4 Å². The van der Waals surface area contributed by atoms with Crippen LogP contribution in [0.2, 0.25) is 0 Å². The number of amides is 1. The van der Waals surface area contributed by atoms with Crippen molar-refractivity contribution in [3.05, 3.63) is 52.6 Å². The quantitative estimate of drug-likeness (QED) is 0.708. The van der Waals surface area contributed by atoms with Crippen LogP contribution in [0.1, 0.15) is 24.4 Å². The molecule has 0 N–H and O–H groups in total. The van der Waals surface area contributed by atoms with Crippen molar-refractivity contribution >= 4 is 16.8 Å². The average molecular weight is 338 g/mol. The Morgan fingerprint density at radius 3 is 2.96 bits per heavy atom. The molecule has 0 unspecified atom stereocenters. The van der Waals surface area contributed by atoms with Crippen LogP contribution in [-0.4, -0.2) is 42.1 Å². The predicted octanol–water partition coefficient (Wildman–Crippen LogP) is 0.889. The summed E-state index contributed by atoms with van der Waals surface area (Å²) in [6.45, 7) is 0.571. The first-order valence-corrected chi connectivity index (χ1v) is 8.24. The molecule has 4 rings (SSSR count). The number of aromatic nitrogens is 5. The third-order valence-corrected chi connectivity index (χ3v) is 4.60. The van der Waals surface area contributed by atoms with Crippen LogP contribution in [0.25, 0.3) is 10.9 Å². The van der Waals surface area contributed by atoms with Gasteiger partial charge >= 0.3 is 0 Å². The van der Waals surface area contributed by atoms with Crippen molar-refractivity contribution in [3.8, 4) is 0 Å². The summed E-state index contributed by atoms with van der Waals surface area (Å²) in [6, 6.07) is 7.01. The molecule has 0 aliphatic carbocycles. The van der Waals surface area contributed by atoms with E-state index in [-0.39, 0.29) is 24.1 Å². The van der Waals surface area contributed by atoms with Crippen molar-refractivity contribution in [1.82, 2.24) is 29.7 Å². The Kier molecular flexibility index (Phi) is 3.79. The summed E-state index contributed by atoms with van der Waals surface area (Å²) in [5, 5.41) is 12.6. The summed E-state index contributed by atoms with van der Waals surface area (Å²) >= 11 is 0. The minimum atomic E-state index is -0.295. The number of benzene rings is 1. The molecule has 25 heavy (non-hydrogen) atoms. The molecular weight excluding hydrogens is 320 g/mol. The van der Waals surface area contributed by atoms with Gasteiger partial charge in [-0.2, -0.15) is 5.10 Å². The van der Waals surface area contributed by atoms with Crippen molar-refractivity contribution in [3.63, 3.8) is 0 Å². The largest absolute Gasteiger partial charge is 0.334 e. The molecule has 8 nitrogen and oxygen atoms in total. The van der Waals surface area contributed by atoms with E-state index in [9.17, 15) is 9.59 Å². The molecule has 0 spiro atoms. The summed E-state index contributed by atoms with van der Waals surface area (Å²) in [5.74, 6) is -0.127. The maximum Gasteiger partial charge on any atom is 0.278 e. The van der Waals surface area contributed by atoms with E-state index in [1.54, 1.807) is 40.0 Å². The predicted molar refractivity (Wildman–Crippen MR) is 90.7 cm³/mol. The Morgan fingerprint density at radius 1 is 1.32 bits per heavy atom. The van der Waals surface area contributed by atoms with E-state index in [1.807, 2.05) is 13.2 Å². The second kappa shape index (κ2) is 6.12. The minimum absolute atomic E-state index is 0.00492. The minimum Gasteiger partial charge on any atom is -0.334 e. The first kappa shape index (κ1) is 15.5. The van der Waals surface area contributed by atoms with Crippen LogP contribution in [0.4, 0.5) is 0 Å². The smallest absolute Gasteiger partial charge is 0.278 e. The van der Waals surface area contributed by atoms with Crippen LogP contribution in [-0.2, 0) is 18.4 Å². The normalized spacial score (nSPS) is 17.3. The fraction of sp³-hybridized carbons (Fsp3) is 0.353. The molecule has 0 bridgehead atoms. The molecule has 2 aromatic heterocycles. The molecule has 1 aliphatic rings. The van der Waals surface area contributed by atoms with Crippen LogP contribution < -0.4 is 5.56 Å². The summed E-state index contributed by atoms with van der Waals surface area (Å²) in [7, 11) is 1.86. The zero-order chi connectivity index (χ0) is 17.4. The molecule has 0 radical (unpaired) electrons. The number of carbonyl (C=O) groups excluding carboxylic acids is 1. The lowest BCUT2D eigenvalue weighted by molar-refractivity contribution is -0.133. The second-order valence-corrected chi connectivity index (χ2v) is 6.26. The molecule has 128 valence electrons. The Balaban J connectivity index is 1.59. The number of fused-ring (bicyclic) bond motifs is 1. The van der Waals surface area contributed by atoms with E-state index < -0.39 is 0 Å². The summed E-state index contributed by atoms with van der Waals surface area (Å²) in [6.07, 6.45) is 5.55. The van der Waals surface area contributed by atoms with Gasteiger partial charge in [-0.15, -0.1) is 5.10 Å². The molecule has 0 saturated carbocycles. The van der Waals surface area contributed by atoms with Crippen molar-refractivity contribution in [2.75, 3.05) is 6.54 Å². The highest BCUT2D eigenvalue weighted by Gasteiger charge is 2.31. The van der Waals surface area contributed by atoms with Gasteiger partial charge in [0.2, 0.25) is 5.91 Å². The molecule has 3 heterocycles. The molecule has 1 fully saturated rings. The van der Waals surface area contributed by atoms with Crippen LogP contribution >= 0.6 is 0 Å². The summed E-state index contributed by atoms with van der Waals surface area (Å²) in [5.41, 5.74) is 1.26. The van der Waals surface area contributed by atoms with Crippen LogP contribution in [0, 0.1) is 0 Å². The second-order valence-electron chi connectivity index (χ2n) is 6.26. The first-order valence-electron chi connectivity index (χ1n) is 8.24. The lowest BCUT2D eigenvalue weighted by atomic mass is 10.1. The third kappa shape index (κ3) is 2.79. The number of aryl methyl sites for hydroxylation is 1. The maximum atomic E-state index is 12.8. The highest BCUT2D eigenvalue weighted by molar-refractivity contribution is 5.78. The zero-order valence-corrected chi connectivity index (χ0v) is 13.9. The van der Waals surface area contributed by atoms with Crippen molar-refractivity contribution in [1.29, 1.82) is 0 Å². The van der Waals surface area contributed by atoms with E-state index in [1.165, 1.54) is 0 Å². The molecule has 1 aromatic carbocycles. The van der Waals surface area contributed by atoms with Gasteiger partial charge in [0.25, 0.3) is 5.56 Å². The number of hydrogen-bond donors (Lipinski definition) is 0. The third-order valence-electron chi connectivity index (χ3n) is 4.60. The van der Waals surface area contributed by atoms with E-state index in [0.717, 1.165) is 23.1 Å². The van der Waals surface area contributed by atoms with Gasteiger partial charge < -0.3 is 4.90 Å². The lowest BCUT2D eigenvalue weighted by Gasteiger charge is -2.23. The summed E-state index contributed by atoms with van der Waals surface area (Å²) < 4.78 is 2.87. The topological polar surface area (TPSA) is 85.9 Å². The number of rotatable bonds is 3. The van der Waals surface area contributed by atoms with Crippen LogP contribution in [0.15, 0.2) is 41.5 Å². The average Bonchev–Trinajstić information content (AvgIpc) is 3.26. The molecule has 8 heteroatoms. The summed E-state index contributed by atoms with van der Waals surface area (Å²) in [4.78, 5) is 27.1. The first-order chi connectivity index (χ1) is 12.1. The molecule has 1 aliphatic heterocycles. The monoisotopic (exact) mass is 338 g/mol. The molecule has 3 aromatic rings. The van der Waals surface area contributed by atoms with E-state index in [2.05, 4.69) is 15.4 Å². The van der Waals surface area contributed by atoms with Gasteiger partial charge in [0.15, 0.2) is 0 Å². The van der Waals surface area contributed by atoms with Crippen LogP contribution in [0.3, 0.4) is 0 Å². The van der Waals surface area contributed by atoms with Gasteiger partial charge in [-0.25, -0.2) is 4.68 Å². The van der Waals surface area contributed by atoms with Gasteiger partial charge in [-0.3, -0.25) is 14.3 Å². The molecular formula is C17H18N6O2. The van der Waals surface area contributed by atoms with Gasteiger partial charge in [0.1, 0.15) is 12.1 Å². The van der Waals surface area contributed by atoms with Crippen molar-refractivity contribution < 1.29 is 4.79 Å². The standard InChI is InChI=1S/C17H18N6O2/c1-21-10-12(9-18-21)15-7-4-8-22(15)16(24)11-23-17(25)13-5-2-3-6-14(13)19-20-23/h2-3,5-6,9-10,15H,4,7-8,11H2,1H3/t15-/m1/s1. The Bertz CT molecular complexity index is 992. The van der Waals surface area contributed by atoms with Crippen LogP contribution in [0.5, 0.6) is 0 Å². The fourth-order valence-corrected chi connectivity index (χ4v) is 3.37. The number of nitrogens with zero attached hydrogens (tertiary/aromatic N) is 6. The Morgan fingerprint density at radius 2 is 2.16 bits per heavy atom. The van der Waals surface area contributed by atoms with Crippen molar-refractivity contribution in [2.24, 2.45) is 7.05 Å². The SMILES string of the molecule is Cn1cc([C@H]2CCCN2C(=O)Cn2nnc3ccccc3c2=O)cn1. The number of carbonyl (C=O) groups is 1. The Hall–Kier alpha value is -3.03. The fourth-order valence-electron chi connectivity index (χ4n) is 3.37. The lowest BCUT2D eigenvalue weighted by Crippen LogP contribution is -2.37. The molecule has 1 saturated heterocycles. The highest BCUT2D eigenvalue weighted by atomic mass is 16.2. The molecule has 1 amide bonds. The number of likely N-dealkylation sites (tertiary alicyclic amines) is 1. The van der Waals surface area contributed by atoms with E-state index in [0.29, 0.717) is 17.4 Å². The van der Waals surface area contributed by atoms with Gasteiger partial charge in [-0.05, 0) is 25.0 Å². The van der Waals surface area contributed by atoms with Gasteiger partial charge in [0, 0.05) is 25.4 Å². The Labute approximate surface area is 143 Å². The van der Waals surface area contributed by atoms with Gasteiger partial charge in [-0.1, -0.05) is 17.3 Å². The molecule has 1 atom stereocenters. The van der Waals surface area contributed by atoms with E-state index in [4.69, 9.17) is 0 Å². The zero-order valence-electron chi connectivity index (χ0n) is 13.9. The number of hydrogen-bond acceptors (Lipinski definition) is 5.